The van der Waals surface area contributed by atoms with Gasteiger partial charge < -0.3 is 4.18 Å². The Balaban J connectivity index is 1.51. The molecule has 1 amide bonds. The van der Waals surface area contributed by atoms with Gasteiger partial charge in [0.2, 0.25) is 0 Å². The number of amides is 1. The number of aromatic nitrogens is 3. The van der Waals surface area contributed by atoms with Gasteiger partial charge in [-0.3, -0.25) is 15.2 Å². The Kier molecular flexibility index (Phi) is 7.90. The quantitative estimate of drug-likeness (QED) is 0.287. The molecule has 0 unspecified atom stereocenters. The van der Waals surface area contributed by atoms with Gasteiger partial charge in [0.1, 0.15) is 10.6 Å². The van der Waals surface area contributed by atoms with Gasteiger partial charge in [-0.2, -0.15) is 13.5 Å². The predicted molar refractivity (Wildman–Crippen MR) is 149 cm³/mol. The lowest BCUT2D eigenvalue weighted by Gasteiger charge is -2.26. The van der Waals surface area contributed by atoms with E-state index in [1.54, 1.807) is 35.0 Å². The highest BCUT2D eigenvalue weighted by atomic mass is 35.5. The number of nitrogens with one attached hydrogen (secondary N) is 1. The first-order chi connectivity index (χ1) is 18.7. The van der Waals surface area contributed by atoms with Crippen LogP contribution in [0.3, 0.4) is 0 Å². The summed E-state index contributed by atoms with van der Waals surface area (Å²) in [6.07, 6.45) is 5.88. The fourth-order valence-electron chi connectivity index (χ4n) is 4.42. The molecule has 0 radical (unpaired) electrons. The molecule has 2 aromatic carbocycles. The van der Waals surface area contributed by atoms with Gasteiger partial charge >= 0.3 is 10.1 Å². The summed E-state index contributed by atoms with van der Waals surface area (Å²) in [6, 6.07) is 14.4. The lowest BCUT2D eigenvalue weighted by molar-refractivity contribution is 0.0743. The second-order valence-corrected chi connectivity index (χ2v) is 11.5. The normalized spacial score (nSPS) is 14.2. The molecule has 12 heteroatoms. The Morgan fingerprint density at radius 2 is 1.77 bits per heavy atom. The molecular formula is C27H25Cl2N5O4S. The van der Waals surface area contributed by atoms with Crippen LogP contribution in [0.15, 0.2) is 71.9 Å². The van der Waals surface area contributed by atoms with Gasteiger partial charge in [0, 0.05) is 41.6 Å². The summed E-state index contributed by atoms with van der Waals surface area (Å²) >= 11 is 12.7. The van der Waals surface area contributed by atoms with Crippen LogP contribution < -0.4 is 9.61 Å². The molecule has 9 nitrogen and oxygen atoms in total. The number of nitrogens with zero attached hydrogens (tertiary/aromatic N) is 4. The number of halogens is 2. The molecule has 0 bridgehead atoms. The third-order valence-corrected chi connectivity index (χ3v) is 8.12. The maximum absolute atomic E-state index is 13.3. The number of piperidine rings is 1. The van der Waals surface area contributed by atoms with E-state index in [1.807, 2.05) is 11.9 Å². The van der Waals surface area contributed by atoms with E-state index in [4.69, 9.17) is 27.4 Å². The van der Waals surface area contributed by atoms with Gasteiger partial charge in [-0.15, -0.1) is 0 Å². The van der Waals surface area contributed by atoms with E-state index in [1.165, 1.54) is 36.7 Å². The SMILES string of the molecule is Cc1c(C(=O)NN2CCCCC2)nn(-c2ccc(Cl)cc2Cl)c1-c1ccc(OS(=O)(=O)c2cccnc2)cc1. The van der Waals surface area contributed by atoms with E-state index in [9.17, 15) is 13.2 Å². The van der Waals surface area contributed by atoms with Crippen LogP contribution in [0.1, 0.15) is 35.3 Å². The summed E-state index contributed by atoms with van der Waals surface area (Å²) in [5, 5.41) is 7.39. The molecule has 1 aliphatic heterocycles. The van der Waals surface area contributed by atoms with Crippen molar-refractivity contribution in [3.8, 4) is 22.7 Å². The molecule has 0 spiro atoms. The fourth-order valence-corrected chi connectivity index (χ4v) is 5.80. The summed E-state index contributed by atoms with van der Waals surface area (Å²) in [4.78, 5) is 17.1. The van der Waals surface area contributed by atoms with Gasteiger partial charge in [-0.05, 0) is 74.4 Å². The summed E-state index contributed by atoms with van der Waals surface area (Å²) in [7, 11) is -4.05. The maximum atomic E-state index is 13.3. The summed E-state index contributed by atoms with van der Waals surface area (Å²) < 4.78 is 32.1. The summed E-state index contributed by atoms with van der Waals surface area (Å²) in [6.45, 7) is 3.38. The molecule has 1 saturated heterocycles. The van der Waals surface area contributed by atoms with Crippen molar-refractivity contribution in [3.05, 3.63) is 88.3 Å². The molecule has 2 aromatic heterocycles. The number of benzene rings is 2. The molecule has 4 aromatic rings. The van der Waals surface area contributed by atoms with E-state index in [2.05, 4.69) is 15.5 Å². The van der Waals surface area contributed by atoms with Crippen molar-refractivity contribution in [2.75, 3.05) is 13.1 Å². The highest BCUT2D eigenvalue weighted by Gasteiger charge is 2.25. The van der Waals surface area contributed by atoms with Gasteiger partial charge in [-0.25, -0.2) is 9.69 Å². The van der Waals surface area contributed by atoms with Crippen molar-refractivity contribution in [1.82, 2.24) is 25.2 Å². The van der Waals surface area contributed by atoms with E-state index in [0.29, 0.717) is 32.6 Å². The van der Waals surface area contributed by atoms with E-state index in [-0.39, 0.29) is 22.2 Å². The van der Waals surface area contributed by atoms with Crippen LogP contribution in [-0.2, 0) is 10.1 Å². The second kappa shape index (κ2) is 11.4. The van der Waals surface area contributed by atoms with Crippen molar-refractivity contribution >= 4 is 39.2 Å². The minimum atomic E-state index is -4.05. The summed E-state index contributed by atoms with van der Waals surface area (Å²) in [5.74, 6) is -0.194. The molecule has 1 fully saturated rings. The van der Waals surface area contributed by atoms with Crippen molar-refractivity contribution in [1.29, 1.82) is 0 Å². The minimum Gasteiger partial charge on any atom is -0.379 e. The van der Waals surface area contributed by atoms with Crippen LogP contribution in [-0.4, -0.2) is 47.2 Å². The largest absolute Gasteiger partial charge is 0.379 e. The third kappa shape index (κ3) is 5.94. The molecule has 202 valence electrons. The van der Waals surface area contributed by atoms with Crippen LogP contribution in [0.5, 0.6) is 5.75 Å². The van der Waals surface area contributed by atoms with Crippen molar-refractivity contribution in [2.45, 2.75) is 31.1 Å². The molecule has 3 heterocycles. The molecule has 1 aliphatic rings. The Labute approximate surface area is 236 Å². The first-order valence-corrected chi connectivity index (χ1v) is 14.5. The van der Waals surface area contributed by atoms with Gasteiger partial charge in [0.25, 0.3) is 5.91 Å². The Morgan fingerprint density at radius 3 is 2.44 bits per heavy atom. The number of carbonyl (C=O) groups excluding carboxylic acids is 1. The number of pyridine rings is 1. The molecule has 39 heavy (non-hydrogen) atoms. The average molecular weight is 587 g/mol. The lowest BCUT2D eigenvalue weighted by Crippen LogP contribution is -2.45. The molecule has 0 saturated carbocycles. The standard InChI is InChI=1S/C27H25Cl2N5O4S/c1-18-25(27(35)32-33-14-3-2-4-15-33)31-34(24-12-9-20(28)16-23(24)29)26(18)19-7-10-21(11-8-19)38-39(36,37)22-6-5-13-30-17-22/h5-13,16-17H,2-4,14-15H2,1H3,(H,32,35). The zero-order valence-electron chi connectivity index (χ0n) is 21.0. The Hall–Kier alpha value is -3.44. The number of rotatable bonds is 7. The molecule has 5 rings (SSSR count). The zero-order chi connectivity index (χ0) is 27.6. The topological polar surface area (TPSA) is 106 Å². The highest BCUT2D eigenvalue weighted by molar-refractivity contribution is 7.87. The first-order valence-electron chi connectivity index (χ1n) is 12.3. The number of hydrogen-bond donors (Lipinski definition) is 1. The number of carbonyl (C=O) groups is 1. The molecule has 1 N–H and O–H groups in total. The second-order valence-electron chi connectivity index (χ2n) is 9.07. The Bertz CT molecular complexity index is 1600. The van der Waals surface area contributed by atoms with Crippen LogP contribution >= 0.6 is 23.2 Å². The first kappa shape index (κ1) is 27.1. The highest BCUT2D eigenvalue weighted by Crippen LogP contribution is 2.34. The minimum absolute atomic E-state index is 0.0512. The Morgan fingerprint density at radius 1 is 1.03 bits per heavy atom. The average Bonchev–Trinajstić information content (AvgIpc) is 3.27. The van der Waals surface area contributed by atoms with E-state index < -0.39 is 10.1 Å². The predicted octanol–water partition coefficient (Wildman–Crippen LogP) is 5.45. The third-order valence-electron chi connectivity index (χ3n) is 6.35. The number of hydrogen-bond acceptors (Lipinski definition) is 7. The van der Waals surface area contributed by atoms with Gasteiger partial charge in [-0.1, -0.05) is 29.6 Å². The maximum Gasteiger partial charge on any atom is 0.340 e. The van der Waals surface area contributed by atoms with Crippen LogP contribution in [0, 0.1) is 6.92 Å². The van der Waals surface area contributed by atoms with Crippen LogP contribution in [0.25, 0.3) is 16.9 Å². The molecular weight excluding hydrogens is 561 g/mol. The van der Waals surface area contributed by atoms with Crippen LogP contribution in [0.2, 0.25) is 10.0 Å². The van der Waals surface area contributed by atoms with Crippen molar-refractivity contribution < 1.29 is 17.4 Å². The number of hydrazine groups is 1. The fraction of sp³-hybridized carbons (Fsp3) is 0.222. The van der Waals surface area contributed by atoms with E-state index >= 15 is 0 Å². The molecule has 0 aliphatic carbocycles. The van der Waals surface area contributed by atoms with Crippen LogP contribution in [0.4, 0.5) is 0 Å². The zero-order valence-corrected chi connectivity index (χ0v) is 23.3. The monoisotopic (exact) mass is 585 g/mol. The smallest absolute Gasteiger partial charge is 0.340 e. The lowest BCUT2D eigenvalue weighted by atomic mass is 10.1. The summed E-state index contributed by atoms with van der Waals surface area (Å²) in [5.41, 5.74) is 5.68. The molecule has 0 atom stereocenters. The van der Waals surface area contributed by atoms with Gasteiger partial charge in [0.15, 0.2) is 5.69 Å². The van der Waals surface area contributed by atoms with E-state index in [0.717, 1.165) is 32.4 Å². The van der Waals surface area contributed by atoms with Crippen molar-refractivity contribution in [3.63, 3.8) is 0 Å². The van der Waals surface area contributed by atoms with Crippen molar-refractivity contribution in [2.24, 2.45) is 0 Å². The van der Waals surface area contributed by atoms with Gasteiger partial charge in [0.05, 0.1) is 16.4 Å².